The Kier molecular flexibility index (Phi) is 4.17. The van der Waals surface area contributed by atoms with Crippen molar-refractivity contribution in [3.8, 4) is 5.69 Å². The quantitative estimate of drug-likeness (QED) is 0.850. The zero-order valence-electron chi connectivity index (χ0n) is 12.9. The average Bonchev–Trinajstić information content (AvgIpc) is 2.60. The molecule has 0 fully saturated rings. The van der Waals surface area contributed by atoms with Crippen molar-refractivity contribution < 1.29 is 13.0 Å². The van der Waals surface area contributed by atoms with E-state index in [-0.39, 0.29) is 11.2 Å². The van der Waals surface area contributed by atoms with Crippen molar-refractivity contribution in [2.75, 3.05) is 17.8 Å². The van der Waals surface area contributed by atoms with Crippen LogP contribution in [-0.4, -0.2) is 35.3 Å². The smallest absolute Gasteiger partial charge is 0.295 e. The molecule has 0 aliphatic carbocycles. The fraction of sp³-hybridized carbons (Fsp3) is 0.357. The van der Waals surface area contributed by atoms with Gasteiger partial charge in [0.1, 0.15) is 11.6 Å². The number of aromatic nitrogens is 2. The molecule has 1 aromatic carbocycles. The van der Waals surface area contributed by atoms with Crippen molar-refractivity contribution in [2.24, 2.45) is 7.05 Å². The van der Waals surface area contributed by atoms with Gasteiger partial charge in [-0.3, -0.25) is 14.0 Å². The van der Waals surface area contributed by atoms with Gasteiger partial charge in [-0.1, -0.05) is 18.2 Å². The van der Waals surface area contributed by atoms with Crippen LogP contribution >= 0.6 is 0 Å². The van der Waals surface area contributed by atoms with E-state index in [9.17, 15) is 13.2 Å². The molecule has 0 amide bonds. The number of anilines is 1. The lowest BCUT2D eigenvalue weighted by atomic mass is 10.2. The zero-order valence-corrected chi connectivity index (χ0v) is 13.8. The van der Waals surface area contributed by atoms with Gasteiger partial charge in [0.05, 0.1) is 11.4 Å². The van der Waals surface area contributed by atoms with Crippen molar-refractivity contribution in [1.82, 2.24) is 9.36 Å². The summed E-state index contributed by atoms with van der Waals surface area (Å²) in [5.41, 5.74) is 2.17. The molecule has 0 spiro atoms. The van der Waals surface area contributed by atoms with E-state index in [0.29, 0.717) is 5.69 Å². The van der Waals surface area contributed by atoms with Crippen molar-refractivity contribution >= 4 is 15.8 Å². The van der Waals surface area contributed by atoms with Crippen LogP contribution in [0.1, 0.15) is 11.3 Å². The molecule has 7 nitrogen and oxygen atoms in total. The monoisotopic (exact) mass is 325 g/mol. The Labute approximate surface area is 129 Å². The fourth-order valence-electron chi connectivity index (χ4n) is 2.52. The molecule has 22 heavy (non-hydrogen) atoms. The van der Waals surface area contributed by atoms with Crippen LogP contribution in [0.3, 0.4) is 0 Å². The van der Waals surface area contributed by atoms with Crippen LogP contribution < -0.4 is 10.5 Å². The van der Waals surface area contributed by atoms with Crippen LogP contribution in [0.25, 0.3) is 5.69 Å². The predicted molar refractivity (Wildman–Crippen MR) is 85.3 cm³/mol. The molecule has 0 saturated heterocycles. The number of hydrogen-bond donors (Lipinski definition) is 1. The van der Waals surface area contributed by atoms with Gasteiger partial charge in [0.25, 0.3) is 15.7 Å². The molecule has 0 aliphatic rings. The van der Waals surface area contributed by atoms with Crippen LogP contribution in [0.15, 0.2) is 29.1 Å². The topological polar surface area (TPSA) is 84.5 Å². The first-order valence-corrected chi connectivity index (χ1v) is 8.25. The SMILES string of the molecule is Cc1ccccc1-n1c(=O)c(N(C)CS(=O)(=O)O)c(C)n1C. The molecule has 0 bridgehead atoms. The molecule has 2 aromatic rings. The number of nitrogens with zero attached hydrogens (tertiary/aromatic N) is 3. The zero-order chi connectivity index (χ0) is 16.7. The third-order valence-corrected chi connectivity index (χ3v) is 4.32. The molecule has 1 heterocycles. The summed E-state index contributed by atoms with van der Waals surface area (Å²) in [5.74, 6) is -0.638. The largest absolute Gasteiger partial charge is 0.353 e. The van der Waals surface area contributed by atoms with Crippen LogP contribution in [0.4, 0.5) is 5.69 Å². The molecule has 1 aromatic heterocycles. The number of rotatable bonds is 4. The van der Waals surface area contributed by atoms with E-state index in [1.807, 2.05) is 31.2 Å². The van der Waals surface area contributed by atoms with E-state index in [0.717, 1.165) is 11.3 Å². The Bertz CT molecular complexity index is 865. The summed E-state index contributed by atoms with van der Waals surface area (Å²) in [6.45, 7) is 3.62. The first-order chi connectivity index (χ1) is 10.1. The number of para-hydroxylation sites is 1. The van der Waals surface area contributed by atoms with Crippen molar-refractivity contribution in [1.29, 1.82) is 0 Å². The molecule has 8 heteroatoms. The maximum atomic E-state index is 12.7. The van der Waals surface area contributed by atoms with Gasteiger partial charge in [0, 0.05) is 14.1 Å². The van der Waals surface area contributed by atoms with Crippen LogP contribution in [0.5, 0.6) is 0 Å². The van der Waals surface area contributed by atoms with E-state index < -0.39 is 16.0 Å². The highest BCUT2D eigenvalue weighted by atomic mass is 32.2. The van der Waals surface area contributed by atoms with Crippen molar-refractivity contribution in [3.63, 3.8) is 0 Å². The van der Waals surface area contributed by atoms with Crippen LogP contribution in [0.2, 0.25) is 0 Å². The Hall–Kier alpha value is -2.06. The molecule has 0 unspecified atom stereocenters. The first kappa shape index (κ1) is 16.3. The summed E-state index contributed by atoms with van der Waals surface area (Å²) in [7, 11) is -1.02. The maximum absolute atomic E-state index is 12.7. The van der Waals surface area contributed by atoms with Gasteiger partial charge < -0.3 is 4.90 Å². The Morgan fingerprint density at radius 2 is 1.82 bits per heavy atom. The van der Waals surface area contributed by atoms with E-state index in [1.165, 1.54) is 16.6 Å². The summed E-state index contributed by atoms with van der Waals surface area (Å²) in [4.78, 5) is 14.0. The number of benzene rings is 1. The lowest BCUT2D eigenvalue weighted by Crippen LogP contribution is -2.30. The molecule has 0 aliphatic heterocycles. The fourth-order valence-corrected chi connectivity index (χ4v) is 3.13. The van der Waals surface area contributed by atoms with Crippen molar-refractivity contribution in [2.45, 2.75) is 13.8 Å². The Balaban J connectivity index is 2.64. The minimum atomic E-state index is -4.21. The molecule has 1 N–H and O–H groups in total. The second-order valence-electron chi connectivity index (χ2n) is 5.27. The van der Waals surface area contributed by atoms with Gasteiger partial charge >= 0.3 is 0 Å². The lowest BCUT2D eigenvalue weighted by Gasteiger charge is -2.15. The van der Waals surface area contributed by atoms with Crippen LogP contribution in [-0.2, 0) is 17.2 Å². The van der Waals surface area contributed by atoms with Gasteiger partial charge in [-0.25, -0.2) is 4.68 Å². The highest BCUT2D eigenvalue weighted by molar-refractivity contribution is 7.85. The van der Waals surface area contributed by atoms with Crippen molar-refractivity contribution in [3.05, 3.63) is 45.9 Å². The van der Waals surface area contributed by atoms with E-state index in [2.05, 4.69) is 0 Å². The van der Waals surface area contributed by atoms with E-state index in [1.54, 1.807) is 18.7 Å². The third-order valence-electron chi connectivity index (χ3n) is 3.61. The molecule has 0 atom stereocenters. The molecule has 0 radical (unpaired) electrons. The highest BCUT2D eigenvalue weighted by Crippen LogP contribution is 2.19. The average molecular weight is 325 g/mol. The van der Waals surface area contributed by atoms with Gasteiger partial charge in [-0.15, -0.1) is 0 Å². The predicted octanol–water partition coefficient (Wildman–Crippen LogP) is 1.07. The highest BCUT2D eigenvalue weighted by Gasteiger charge is 2.22. The Morgan fingerprint density at radius 3 is 2.36 bits per heavy atom. The normalized spacial score (nSPS) is 11.7. The second-order valence-corrected chi connectivity index (χ2v) is 6.69. The van der Waals surface area contributed by atoms with Gasteiger partial charge in [0.2, 0.25) is 0 Å². The van der Waals surface area contributed by atoms with Gasteiger partial charge in [-0.2, -0.15) is 8.42 Å². The summed E-state index contributed by atoms with van der Waals surface area (Å²) in [5, 5.41) is 0. The molecule has 2 rings (SSSR count). The molecule has 120 valence electrons. The third kappa shape index (κ3) is 2.93. The lowest BCUT2D eigenvalue weighted by molar-refractivity contribution is 0.482. The summed E-state index contributed by atoms with van der Waals surface area (Å²) in [6, 6.07) is 7.43. The standard InChI is InChI=1S/C14H19N3O4S/c1-10-7-5-6-8-12(10)17-14(18)13(11(2)16(17)4)15(3)9-22(19,20)21/h5-8H,9H2,1-4H3,(H,19,20,21). The summed E-state index contributed by atoms with van der Waals surface area (Å²) >= 11 is 0. The Morgan fingerprint density at radius 1 is 1.23 bits per heavy atom. The molecular weight excluding hydrogens is 306 g/mol. The van der Waals surface area contributed by atoms with E-state index >= 15 is 0 Å². The molecular formula is C14H19N3O4S. The second kappa shape index (κ2) is 5.62. The molecule has 0 saturated carbocycles. The number of hydrogen-bond acceptors (Lipinski definition) is 4. The first-order valence-electron chi connectivity index (χ1n) is 6.64. The van der Waals surface area contributed by atoms with Gasteiger partial charge in [0.15, 0.2) is 0 Å². The minimum absolute atomic E-state index is 0.239. The van der Waals surface area contributed by atoms with E-state index in [4.69, 9.17) is 4.55 Å². The van der Waals surface area contributed by atoms with Crippen LogP contribution in [0, 0.1) is 13.8 Å². The summed E-state index contributed by atoms with van der Waals surface area (Å²) in [6.07, 6.45) is 0. The summed E-state index contributed by atoms with van der Waals surface area (Å²) < 4.78 is 34.2. The minimum Gasteiger partial charge on any atom is -0.353 e. The maximum Gasteiger partial charge on any atom is 0.295 e. The number of aryl methyl sites for hydroxylation is 1. The van der Waals surface area contributed by atoms with Gasteiger partial charge in [-0.05, 0) is 25.5 Å².